The third kappa shape index (κ3) is 2.20. The van der Waals surface area contributed by atoms with Crippen molar-refractivity contribution in [2.75, 3.05) is 5.32 Å². The van der Waals surface area contributed by atoms with E-state index in [1.54, 1.807) is 18.5 Å². The fourth-order valence-electron chi connectivity index (χ4n) is 2.66. The Morgan fingerprint density at radius 3 is 2.82 bits per heavy atom. The maximum absolute atomic E-state index is 13.2. The molecule has 0 spiro atoms. The first kappa shape index (κ1) is 13.2. The highest BCUT2D eigenvalue weighted by Crippen LogP contribution is 2.52. The van der Waals surface area contributed by atoms with Gasteiger partial charge in [-0.1, -0.05) is 18.2 Å². The van der Waals surface area contributed by atoms with E-state index in [1.165, 1.54) is 4.68 Å². The monoisotopic (exact) mass is 300 g/mol. The van der Waals surface area contributed by atoms with E-state index in [1.807, 2.05) is 30.3 Å². The van der Waals surface area contributed by atoms with Crippen molar-refractivity contribution in [3.63, 3.8) is 0 Å². The zero-order valence-electron chi connectivity index (χ0n) is 11.7. The molecule has 1 N–H and O–H groups in total. The fraction of sp³-hybridized carbons (Fsp3) is 0.250. The normalized spacial score (nSPS) is 19.3. The first-order valence-electron chi connectivity index (χ1n) is 7.13. The molecule has 1 aromatic carbocycles. The average Bonchev–Trinajstić information content (AvgIpc) is 2.95. The summed E-state index contributed by atoms with van der Waals surface area (Å²) in [7, 11) is 0. The molecule has 112 valence electrons. The van der Waals surface area contributed by atoms with Crippen molar-refractivity contribution in [3.05, 3.63) is 54.5 Å². The van der Waals surface area contributed by atoms with Crippen LogP contribution < -0.4 is 5.32 Å². The first-order valence-corrected chi connectivity index (χ1v) is 7.13. The maximum atomic E-state index is 13.2. The van der Waals surface area contributed by atoms with Gasteiger partial charge in [0.1, 0.15) is 6.04 Å². The van der Waals surface area contributed by atoms with Gasteiger partial charge >= 0.3 is 0 Å². The molecule has 0 aliphatic heterocycles. The molecule has 0 saturated heterocycles. The van der Waals surface area contributed by atoms with Gasteiger partial charge in [0.05, 0.1) is 17.8 Å². The van der Waals surface area contributed by atoms with Crippen molar-refractivity contribution in [3.8, 4) is 0 Å². The van der Waals surface area contributed by atoms with E-state index in [-0.39, 0.29) is 6.42 Å². The molecule has 4 nitrogen and oxygen atoms in total. The number of fused-ring (bicyclic) bond motifs is 1. The minimum absolute atomic E-state index is 0.125. The second kappa shape index (κ2) is 4.76. The summed E-state index contributed by atoms with van der Waals surface area (Å²) in [5.41, 5.74) is 2.58. The summed E-state index contributed by atoms with van der Waals surface area (Å²) in [4.78, 5) is 4.30. The summed E-state index contributed by atoms with van der Waals surface area (Å²) in [6.45, 7) is 0.445. The van der Waals surface area contributed by atoms with E-state index in [9.17, 15) is 8.78 Å². The number of halogens is 2. The SMILES string of the molecule is FC1(F)CC1n1nccc1CNc1ccnc2ccccc12. The highest BCUT2D eigenvalue weighted by atomic mass is 19.3. The number of pyridine rings is 1. The summed E-state index contributed by atoms with van der Waals surface area (Å²) < 4.78 is 27.9. The molecule has 1 unspecified atom stereocenters. The number of anilines is 1. The Labute approximate surface area is 125 Å². The molecule has 4 rings (SSSR count). The van der Waals surface area contributed by atoms with Crippen LogP contribution >= 0.6 is 0 Å². The largest absolute Gasteiger partial charge is 0.379 e. The van der Waals surface area contributed by atoms with E-state index in [0.717, 1.165) is 22.3 Å². The molecule has 1 aliphatic carbocycles. The first-order chi connectivity index (χ1) is 10.6. The van der Waals surface area contributed by atoms with E-state index < -0.39 is 12.0 Å². The molecule has 1 saturated carbocycles. The van der Waals surface area contributed by atoms with E-state index in [0.29, 0.717) is 6.54 Å². The molecule has 2 aromatic heterocycles. The van der Waals surface area contributed by atoms with Crippen molar-refractivity contribution in [1.82, 2.24) is 14.8 Å². The number of aromatic nitrogens is 3. The third-order valence-corrected chi connectivity index (χ3v) is 3.95. The smallest absolute Gasteiger partial charge is 0.272 e. The second-order valence-corrected chi connectivity index (χ2v) is 5.48. The Kier molecular flexibility index (Phi) is 2.85. The van der Waals surface area contributed by atoms with Crippen molar-refractivity contribution >= 4 is 16.6 Å². The van der Waals surface area contributed by atoms with Crippen LogP contribution in [0.25, 0.3) is 10.9 Å². The predicted octanol–water partition coefficient (Wildman–Crippen LogP) is 3.62. The fourth-order valence-corrected chi connectivity index (χ4v) is 2.66. The van der Waals surface area contributed by atoms with E-state index in [2.05, 4.69) is 15.4 Å². The van der Waals surface area contributed by atoms with Gasteiger partial charge in [-0.25, -0.2) is 8.78 Å². The summed E-state index contributed by atoms with van der Waals surface area (Å²) in [6, 6.07) is 10.7. The molecule has 6 heteroatoms. The summed E-state index contributed by atoms with van der Waals surface area (Å²) in [6.07, 6.45) is 3.17. The van der Waals surface area contributed by atoms with Crippen LogP contribution in [0.3, 0.4) is 0 Å². The Morgan fingerprint density at radius 2 is 2.00 bits per heavy atom. The zero-order valence-corrected chi connectivity index (χ0v) is 11.7. The van der Waals surface area contributed by atoms with Gasteiger partial charge in [-0.05, 0) is 18.2 Å². The van der Waals surface area contributed by atoms with Gasteiger partial charge < -0.3 is 5.32 Å². The highest BCUT2D eigenvalue weighted by Gasteiger charge is 2.59. The lowest BCUT2D eigenvalue weighted by Gasteiger charge is -2.11. The number of alkyl halides is 2. The average molecular weight is 300 g/mol. The van der Waals surface area contributed by atoms with Crippen LogP contribution in [-0.2, 0) is 6.54 Å². The molecule has 0 radical (unpaired) electrons. The Balaban J connectivity index is 1.57. The van der Waals surface area contributed by atoms with Gasteiger partial charge in [0.25, 0.3) is 5.92 Å². The quantitative estimate of drug-likeness (QED) is 0.800. The minimum Gasteiger partial charge on any atom is -0.379 e. The highest BCUT2D eigenvalue weighted by molar-refractivity contribution is 5.90. The molecule has 1 aliphatic rings. The topological polar surface area (TPSA) is 42.7 Å². The third-order valence-electron chi connectivity index (χ3n) is 3.95. The van der Waals surface area contributed by atoms with Gasteiger partial charge in [0.2, 0.25) is 0 Å². The summed E-state index contributed by atoms with van der Waals surface area (Å²) in [5, 5.41) is 8.33. The number of rotatable bonds is 4. The van der Waals surface area contributed by atoms with Crippen molar-refractivity contribution in [2.45, 2.75) is 24.9 Å². The lowest BCUT2D eigenvalue weighted by atomic mass is 10.2. The second-order valence-electron chi connectivity index (χ2n) is 5.48. The van der Waals surface area contributed by atoms with Crippen LogP contribution in [0.1, 0.15) is 18.2 Å². The minimum atomic E-state index is -2.62. The molecule has 2 heterocycles. The standard InChI is InChI=1S/C16H14F2N4/c17-16(18)9-15(16)22-11(5-8-21-22)10-20-14-6-7-19-13-4-2-1-3-12(13)14/h1-8,15H,9-10H2,(H,19,20). The Bertz CT molecular complexity index is 822. The van der Waals surface area contributed by atoms with Gasteiger partial charge in [-0.3, -0.25) is 9.67 Å². The van der Waals surface area contributed by atoms with Crippen LogP contribution in [-0.4, -0.2) is 20.7 Å². The Hall–Kier alpha value is -2.50. The van der Waals surface area contributed by atoms with Crippen LogP contribution in [0.15, 0.2) is 48.8 Å². The van der Waals surface area contributed by atoms with Crippen molar-refractivity contribution in [1.29, 1.82) is 0 Å². The predicted molar refractivity (Wildman–Crippen MR) is 79.9 cm³/mol. The van der Waals surface area contributed by atoms with Crippen molar-refractivity contribution in [2.24, 2.45) is 0 Å². The molecule has 0 amide bonds. The number of para-hydroxylation sites is 1. The van der Waals surface area contributed by atoms with Crippen molar-refractivity contribution < 1.29 is 8.78 Å². The van der Waals surface area contributed by atoms with E-state index >= 15 is 0 Å². The molecular formula is C16H14F2N4. The number of benzene rings is 1. The van der Waals surface area contributed by atoms with Gasteiger partial charge in [-0.2, -0.15) is 5.10 Å². The van der Waals surface area contributed by atoms with Gasteiger partial charge in [0.15, 0.2) is 0 Å². The summed E-state index contributed by atoms with van der Waals surface area (Å²) >= 11 is 0. The van der Waals surface area contributed by atoms with Gasteiger partial charge in [-0.15, -0.1) is 0 Å². The van der Waals surface area contributed by atoms with Crippen LogP contribution in [0.2, 0.25) is 0 Å². The number of hydrogen-bond donors (Lipinski definition) is 1. The number of nitrogens with zero attached hydrogens (tertiary/aromatic N) is 3. The molecule has 1 atom stereocenters. The molecule has 1 fully saturated rings. The maximum Gasteiger partial charge on any atom is 0.272 e. The van der Waals surface area contributed by atoms with Crippen LogP contribution in [0, 0.1) is 0 Å². The number of hydrogen-bond acceptors (Lipinski definition) is 3. The van der Waals surface area contributed by atoms with Gasteiger partial charge in [0, 0.05) is 29.9 Å². The number of nitrogens with one attached hydrogen (secondary N) is 1. The molecule has 22 heavy (non-hydrogen) atoms. The molecular weight excluding hydrogens is 286 g/mol. The summed E-state index contributed by atoms with van der Waals surface area (Å²) in [5.74, 6) is -2.62. The lowest BCUT2D eigenvalue weighted by molar-refractivity contribution is 0.0977. The zero-order chi connectivity index (χ0) is 15.2. The molecule has 3 aromatic rings. The van der Waals surface area contributed by atoms with Crippen LogP contribution in [0.5, 0.6) is 0 Å². The molecule has 0 bridgehead atoms. The lowest BCUT2D eigenvalue weighted by Crippen LogP contribution is -2.11. The van der Waals surface area contributed by atoms with Crippen LogP contribution in [0.4, 0.5) is 14.5 Å². The van der Waals surface area contributed by atoms with E-state index in [4.69, 9.17) is 0 Å². The Morgan fingerprint density at radius 1 is 1.18 bits per heavy atom.